The molecule has 1 fully saturated rings. The maximum Gasteiger partial charge on any atom is 0.295 e. The van der Waals surface area contributed by atoms with Crippen LogP contribution >= 0.6 is 0 Å². The summed E-state index contributed by atoms with van der Waals surface area (Å²) in [6.45, 7) is 4.06. The van der Waals surface area contributed by atoms with E-state index in [1.165, 1.54) is 30.3 Å². The lowest BCUT2D eigenvalue weighted by molar-refractivity contribution is -0.140. The third-order valence-corrected chi connectivity index (χ3v) is 4.71. The van der Waals surface area contributed by atoms with Crippen LogP contribution in [0, 0.1) is 5.82 Å². The Hall–Kier alpha value is -3.26. The van der Waals surface area contributed by atoms with E-state index in [0.29, 0.717) is 5.69 Å². The minimum absolute atomic E-state index is 0.0186. The van der Waals surface area contributed by atoms with Crippen LogP contribution in [0.1, 0.15) is 31.1 Å². The second kappa shape index (κ2) is 9.04. The number of carbonyl (C=O) groups excluding carboxylic acids is 2. The highest BCUT2D eigenvalue weighted by Gasteiger charge is 2.46. The lowest BCUT2D eigenvalue weighted by Crippen LogP contribution is -2.33. The average molecular weight is 414 g/mol. The van der Waals surface area contributed by atoms with Crippen LogP contribution in [-0.4, -0.2) is 53.0 Å². The fraction of sp³-hybridized carbons (Fsp3) is 0.318. The van der Waals surface area contributed by atoms with E-state index < -0.39 is 29.3 Å². The number of hydrogen-bond acceptors (Lipinski definition) is 6. The van der Waals surface area contributed by atoms with E-state index in [-0.39, 0.29) is 36.1 Å². The molecule has 0 saturated carbocycles. The molecule has 1 aliphatic heterocycles. The molecule has 3 rings (SSSR count). The first kappa shape index (κ1) is 21.4. The Kier molecular flexibility index (Phi) is 6.47. The Morgan fingerprint density at radius 3 is 2.67 bits per heavy atom. The van der Waals surface area contributed by atoms with Crippen LogP contribution in [0.2, 0.25) is 0 Å². The number of aliphatic hydroxyl groups excluding tert-OH is 1. The van der Waals surface area contributed by atoms with Crippen LogP contribution in [0.4, 0.5) is 4.39 Å². The number of amides is 1. The largest absolute Gasteiger partial charge is 0.507 e. The number of rotatable bonds is 7. The van der Waals surface area contributed by atoms with E-state index >= 15 is 0 Å². The van der Waals surface area contributed by atoms with Crippen molar-refractivity contribution in [3.8, 4) is 5.75 Å². The Bertz CT molecular complexity index is 975. The topological polar surface area (TPSA) is 89.0 Å². The van der Waals surface area contributed by atoms with Crippen LogP contribution in [-0.2, 0) is 14.3 Å². The lowest BCUT2D eigenvalue weighted by atomic mass is 9.98. The maximum atomic E-state index is 13.9. The third-order valence-electron chi connectivity index (χ3n) is 4.71. The van der Waals surface area contributed by atoms with Crippen LogP contribution in [0.15, 0.2) is 48.2 Å². The summed E-state index contributed by atoms with van der Waals surface area (Å²) in [5.41, 5.74) is 0.208. The van der Waals surface area contributed by atoms with Crippen molar-refractivity contribution in [3.63, 3.8) is 0 Å². The van der Waals surface area contributed by atoms with E-state index in [2.05, 4.69) is 4.98 Å². The van der Waals surface area contributed by atoms with Crippen molar-refractivity contribution in [1.29, 1.82) is 0 Å². The van der Waals surface area contributed by atoms with E-state index in [1.54, 1.807) is 18.2 Å². The summed E-state index contributed by atoms with van der Waals surface area (Å²) in [5, 5.41) is 11.0. The number of halogens is 1. The zero-order chi connectivity index (χ0) is 21.8. The van der Waals surface area contributed by atoms with Crippen LogP contribution in [0.25, 0.3) is 5.76 Å². The van der Waals surface area contributed by atoms with Gasteiger partial charge in [0.2, 0.25) is 0 Å². The normalized spacial score (nSPS) is 18.3. The van der Waals surface area contributed by atoms with Crippen molar-refractivity contribution < 1.29 is 28.6 Å². The average Bonchev–Trinajstić information content (AvgIpc) is 2.98. The molecule has 158 valence electrons. The fourth-order valence-corrected chi connectivity index (χ4v) is 3.35. The number of ether oxygens (including phenoxy) is 2. The number of nitrogens with zero attached hydrogens (tertiary/aromatic N) is 2. The van der Waals surface area contributed by atoms with Gasteiger partial charge in [-0.2, -0.15) is 0 Å². The summed E-state index contributed by atoms with van der Waals surface area (Å²) < 4.78 is 24.6. The molecule has 8 heteroatoms. The predicted octanol–water partition coefficient (Wildman–Crippen LogP) is 3.08. The molecular formula is C22H23FN2O5. The molecule has 0 aliphatic carbocycles. The number of pyridine rings is 1. The number of likely N-dealkylation sites (tertiary alicyclic amines) is 1. The van der Waals surface area contributed by atoms with Gasteiger partial charge in [-0.1, -0.05) is 6.07 Å². The molecule has 30 heavy (non-hydrogen) atoms. The van der Waals surface area contributed by atoms with E-state index in [9.17, 15) is 19.1 Å². The molecule has 0 spiro atoms. The zero-order valence-electron chi connectivity index (χ0n) is 17.0. The van der Waals surface area contributed by atoms with Crippen LogP contribution in [0.5, 0.6) is 5.75 Å². The minimum atomic E-state index is -0.935. The van der Waals surface area contributed by atoms with Gasteiger partial charge in [0.15, 0.2) is 0 Å². The molecule has 1 unspecified atom stereocenters. The molecule has 1 aromatic carbocycles. The third kappa shape index (κ3) is 4.18. The summed E-state index contributed by atoms with van der Waals surface area (Å²) in [6, 6.07) is 7.71. The Morgan fingerprint density at radius 1 is 1.27 bits per heavy atom. The van der Waals surface area contributed by atoms with Gasteiger partial charge in [0.25, 0.3) is 11.7 Å². The number of carbonyl (C=O) groups is 2. The molecule has 0 radical (unpaired) electrons. The zero-order valence-corrected chi connectivity index (χ0v) is 17.0. The molecule has 2 heterocycles. The van der Waals surface area contributed by atoms with Crippen molar-refractivity contribution in [2.24, 2.45) is 0 Å². The summed E-state index contributed by atoms with van der Waals surface area (Å²) in [4.78, 5) is 31.2. The van der Waals surface area contributed by atoms with Crippen LogP contribution in [0.3, 0.4) is 0 Å². The molecule has 7 nitrogen and oxygen atoms in total. The molecule has 2 aromatic rings. The summed E-state index contributed by atoms with van der Waals surface area (Å²) >= 11 is 0. The van der Waals surface area contributed by atoms with Gasteiger partial charge in [-0.05, 0) is 44.2 Å². The molecule has 0 bridgehead atoms. The van der Waals surface area contributed by atoms with E-state index in [4.69, 9.17) is 9.47 Å². The van der Waals surface area contributed by atoms with Crippen LogP contribution < -0.4 is 4.74 Å². The SMILES string of the molecule is COc1ccc(F)cc1/C(O)=C1\C(=O)C(=O)N(CCOC(C)C)C1c1ccccn1. The number of aromatic nitrogens is 1. The number of benzene rings is 1. The monoisotopic (exact) mass is 414 g/mol. The van der Waals surface area contributed by atoms with Crippen molar-refractivity contribution in [1.82, 2.24) is 9.88 Å². The molecule has 1 aromatic heterocycles. The lowest BCUT2D eigenvalue weighted by Gasteiger charge is -2.25. The quantitative estimate of drug-likeness (QED) is 0.426. The van der Waals surface area contributed by atoms with Gasteiger partial charge in [-0.25, -0.2) is 4.39 Å². The van der Waals surface area contributed by atoms with Gasteiger partial charge < -0.3 is 19.5 Å². The van der Waals surface area contributed by atoms with Gasteiger partial charge >= 0.3 is 0 Å². The van der Waals surface area contributed by atoms with Gasteiger partial charge in [-0.3, -0.25) is 14.6 Å². The highest BCUT2D eigenvalue weighted by atomic mass is 19.1. The number of ketones is 1. The second-order valence-corrected chi connectivity index (χ2v) is 7.01. The number of methoxy groups -OCH3 is 1. The highest BCUT2D eigenvalue weighted by Crippen LogP contribution is 2.40. The minimum Gasteiger partial charge on any atom is -0.507 e. The maximum absolute atomic E-state index is 13.9. The summed E-state index contributed by atoms with van der Waals surface area (Å²) in [5.74, 6) is -2.63. The first-order chi connectivity index (χ1) is 14.3. The molecule has 1 N–H and O–H groups in total. The van der Waals surface area contributed by atoms with E-state index in [1.807, 2.05) is 13.8 Å². The predicted molar refractivity (Wildman–Crippen MR) is 107 cm³/mol. The Balaban J connectivity index is 2.13. The van der Waals surface area contributed by atoms with Gasteiger partial charge in [0, 0.05) is 12.7 Å². The first-order valence-corrected chi connectivity index (χ1v) is 9.50. The molecule has 1 atom stereocenters. The van der Waals surface area contributed by atoms with E-state index in [0.717, 1.165) is 6.07 Å². The van der Waals surface area contributed by atoms with Crippen molar-refractivity contribution in [2.75, 3.05) is 20.3 Å². The smallest absolute Gasteiger partial charge is 0.295 e. The Labute approximate surface area is 173 Å². The summed E-state index contributed by atoms with van der Waals surface area (Å²) in [6.07, 6.45) is 1.48. The highest BCUT2D eigenvalue weighted by molar-refractivity contribution is 6.46. The number of hydrogen-bond donors (Lipinski definition) is 1. The molecule has 1 aliphatic rings. The molecular weight excluding hydrogens is 391 g/mol. The first-order valence-electron chi connectivity index (χ1n) is 9.50. The summed E-state index contributed by atoms with van der Waals surface area (Å²) in [7, 11) is 1.36. The van der Waals surface area contributed by atoms with Crippen molar-refractivity contribution >= 4 is 17.4 Å². The van der Waals surface area contributed by atoms with Gasteiger partial charge in [0.1, 0.15) is 23.4 Å². The van der Waals surface area contributed by atoms with Crippen molar-refractivity contribution in [2.45, 2.75) is 26.0 Å². The number of Topliss-reactive ketones (excluding diaryl/α,β-unsaturated/α-hetero) is 1. The number of aliphatic hydroxyl groups is 1. The Morgan fingerprint density at radius 2 is 2.03 bits per heavy atom. The second-order valence-electron chi connectivity index (χ2n) is 7.01. The standard InChI is InChI=1S/C22H23FN2O5/c1-13(2)30-11-10-25-19(16-6-4-5-9-24-16)18(21(27)22(25)28)20(26)15-12-14(23)7-8-17(15)29-3/h4-9,12-13,19,26H,10-11H2,1-3H3/b20-18+. The van der Waals surface area contributed by atoms with Gasteiger partial charge in [0.05, 0.1) is 36.7 Å². The molecule has 1 saturated heterocycles. The molecule has 1 amide bonds. The fourth-order valence-electron chi connectivity index (χ4n) is 3.35. The van der Waals surface area contributed by atoms with Gasteiger partial charge in [-0.15, -0.1) is 0 Å². The van der Waals surface area contributed by atoms with Crippen molar-refractivity contribution in [3.05, 3.63) is 65.2 Å².